The second-order valence-electron chi connectivity index (χ2n) is 8.21. The maximum atomic E-state index is 15.9. The van der Waals surface area contributed by atoms with Gasteiger partial charge in [0.25, 0.3) is 0 Å². The fourth-order valence-electron chi connectivity index (χ4n) is 4.31. The molecule has 1 heterocycles. The van der Waals surface area contributed by atoms with Gasteiger partial charge in [0.1, 0.15) is 17.3 Å². The third kappa shape index (κ3) is 4.02. The van der Waals surface area contributed by atoms with Crippen LogP contribution in [0.4, 0.5) is 13.2 Å². The van der Waals surface area contributed by atoms with E-state index >= 15 is 4.39 Å². The van der Waals surface area contributed by atoms with Gasteiger partial charge in [0.2, 0.25) is 15.9 Å². The van der Waals surface area contributed by atoms with Gasteiger partial charge in [-0.25, -0.2) is 26.3 Å². The van der Waals surface area contributed by atoms with Gasteiger partial charge >= 0.3 is 0 Å². The predicted molar refractivity (Wildman–Crippen MR) is 112 cm³/mol. The second kappa shape index (κ2) is 8.17. The fourth-order valence-corrected chi connectivity index (χ4v) is 4.79. The standard InChI is InChI=1S/C22H23F3N2O4S/c1-31-19-12-27(18(19)11-26-32(2,29)30)21(28)15-10-22(15,25)14-7-4-3-6-13(14)20-16(23)8-5-9-17(20)24/h3-9,15,18-19,26H,10-12H2,1-2H3/t15-,18+,19+,22+/m0/s1. The zero-order valence-electron chi connectivity index (χ0n) is 17.5. The van der Waals surface area contributed by atoms with Crippen LogP contribution in [0.3, 0.4) is 0 Å². The number of carbonyl (C=O) groups excluding carboxylic acids is 1. The number of halogens is 3. The molecule has 1 saturated heterocycles. The van der Waals surface area contributed by atoms with Crippen molar-refractivity contribution in [1.82, 2.24) is 9.62 Å². The van der Waals surface area contributed by atoms with Crippen molar-refractivity contribution < 1.29 is 31.1 Å². The molecule has 0 aromatic heterocycles. The molecule has 4 atom stereocenters. The smallest absolute Gasteiger partial charge is 0.229 e. The first-order valence-electron chi connectivity index (χ1n) is 10.1. The molecule has 2 fully saturated rings. The first-order chi connectivity index (χ1) is 15.1. The molecular formula is C22H23F3N2O4S. The summed E-state index contributed by atoms with van der Waals surface area (Å²) in [7, 11) is -2.03. The van der Waals surface area contributed by atoms with Crippen LogP contribution in [-0.4, -0.2) is 57.8 Å². The average Bonchev–Trinajstić information content (AvgIpc) is 3.40. The van der Waals surface area contributed by atoms with E-state index in [1.165, 1.54) is 30.2 Å². The second-order valence-corrected chi connectivity index (χ2v) is 10.0. The van der Waals surface area contributed by atoms with Crippen LogP contribution in [0, 0.1) is 17.6 Å². The molecule has 2 aliphatic rings. The van der Waals surface area contributed by atoms with E-state index in [-0.39, 0.29) is 42.3 Å². The number of benzene rings is 2. The Morgan fingerprint density at radius 3 is 2.47 bits per heavy atom. The number of rotatable bonds is 7. The summed E-state index contributed by atoms with van der Waals surface area (Å²) < 4.78 is 75.2. The number of methoxy groups -OCH3 is 1. The van der Waals surface area contributed by atoms with E-state index < -0.39 is 45.2 Å². The highest BCUT2D eigenvalue weighted by Crippen LogP contribution is 2.59. The van der Waals surface area contributed by atoms with Gasteiger partial charge in [0, 0.05) is 26.6 Å². The van der Waals surface area contributed by atoms with Gasteiger partial charge in [-0.2, -0.15) is 0 Å². The van der Waals surface area contributed by atoms with E-state index in [1.807, 2.05) is 0 Å². The molecule has 1 amide bonds. The van der Waals surface area contributed by atoms with Gasteiger partial charge in [0.15, 0.2) is 0 Å². The number of amides is 1. The summed E-state index contributed by atoms with van der Waals surface area (Å²) in [5.41, 5.74) is -2.29. The Morgan fingerprint density at radius 2 is 1.84 bits per heavy atom. The Labute approximate surface area is 184 Å². The minimum atomic E-state index is -3.48. The first kappa shape index (κ1) is 22.8. The molecule has 10 heteroatoms. The van der Waals surface area contributed by atoms with Gasteiger partial charge in [-0.15, -0.1) is 0 Å². The number of ether oxygens (including phenoxy) is 1. The molecule has 0 unspecified atom stereocenters. The lowest BCUT2D eigenvalue weighted by Crippen LogP contribution is -2.66. The number of carbonyl (C=O) groups is 1. The van der Waals surface area contributed by atoms with E-state index in [0.29, 0.717) is 0 Å². The van der Waals surface area contributed by atoms with Crippen LogP contribution in [0.2, 0.25) is 0 Å². The Balaban J connectivity index is 1.58. The van der Waals surface area contributed by atoms with Gasteiger partial charge < -0.3 is 9.64 Å². The Hall–Kier alpha value is -2.43. The molecule has 1 aliphatic heterocycles. The normalized spacial score (nSPS) is 27.2. The van der Waals surface area contributed by atoms with Gasteiger partial charge in [-0.1, -0.05) is 30.3 Å². The molecule has 1 aliphatic carbocycles. The highest BCUT2D eigenvalue weighted by Gasteiger charge is 2.64. The quantitative estimate of drug-likeness (QED) is 0.678. The summed E-state index contributed by atoms with van der Waals surface area (Å²) in [6.07, 6.45) is 0.506. The minimum absolute atomic E-state index is 0.0495. The van der Waals surface area contributed by atoms with Crippen LogP contribution >= 0.6 is 0 Å². The molecule has 0 spiro atoms. The summed E-state index contributed by atoms with van der Waals surface area (Å²) in [6, 6.07) is 8.84. The zero-order valence-corrected chi connectivity index (χ0v) is 18.3. The predicted octanol–water partition coefficient (Wildman–Crippen LogP) is 2.59. The lowest BCUT2D eigenvalue weighted by molar-refractivity contribution is -0.155. The maximum Gasteiger partial charge on any atom is 0.229 e. The summed E-state index contributed by atoms with van der Waals surface area (Å²) in [6.45, 7) is 0.160. The summed E-state index contributed by atoms with van der Waals surface area (Å²) in [4.78, 5) is 14.5. The molecule has 0 bridgehead atoms. The van der Waals surface area contributed by atoms with Crippen molar-refractivity contribution in [2.24, 2.45) is 5.92 Å². The molecule has 32 heavy (non-hydrogen) atoms. The van der Waals surface area contributed by atoms with Crippen LogP contribution in [0.5, 0.6) is 0 Å². The molecule has 1 N–H and O–H groups in total. The average molecular weight is 468 g/mol. The highest BCUT2D eigenvalue weighted by atomic mass is 32.2. The fraction of sp³-hybridized carbons (Fsp3) is 0.409. The van der Waals surface area contributed by atoms with Crippen molar-refractivity contribution in [3.63, 3.8) is 0 Å². The van der Waals surface area contributed by atoms with Crippen molar-refractivity contribution in [1.29, 1.82) is 0 Å². The summed E-state index contributed by atoms with van der Waals surface area (Å²) in [5.74, 6) is -3.15. The monoisotopic (exact) mass is 468 g/mol. The molecule has 1 saturated carbocycles. The van der Waals surface area contributed by atoms with Crippen molar-refractivity contribution in [3.05, 3.63) is 59.7 Å². The SMILES string of the molecule is CO[C@@H]1CN(C(=O)[C@@H]2C[C@@]2(F)c2ccccc2-c2c(F)cccc2F)[C@@H]1CNS(C)(=O)=O. The molecule has 4 rings (SSSR count). The van der Waals surface area contributed by atoms with Crippen molar-refractivity contribution in [2.45, 2.75) is 24.2 Å². The van der Waals surface area contributed by atoms with E-state index in [2.05, 4.69) is 4.72 Å². The van der Waals surface area contributed by atoms with Crippen LogP contribution in [-0.2, 0) is 25.2 Å². The molecule has 172 valence electrons. The number of nitrogens with zero attached hydrogens (tertiary/aromatic N) is 1. The van der Waals surface area contributed by atoms with Crippen molar-refractivity contribution in [2.75, 3.05) is 26.5 Å². The number of sulfonamides is 1. The first-order valence-corrected chi connectivity index (χ1v) is 12.0. The Bertz CT molecular complexity index is 1140. The Kier molecular flexibility index (Phi) is 5.81. The number of nitrogens with one attached hydrogen (secondary N) is 1. The van der Waals surface area contributed by atoms with Crippen LogP contribution in [0.15, 0.2) is 42.5 Å². The van der Waals surface area contributed by atoms with E-state index in [4.69, 9.17) is 4.74 Å². The third-order valence-electron chi connectivity index (χ3n) is 6.15. The number of alkyl halides is 1. The number of hydrogen-bond acceptors (Lipinski definition) is 4. The topological polar surface area (TPSA) is 75.7 Å². The lowest BCUT2D eigenvalue weighted by Gasteiger charge is -2.47. The van der Waals surface area contributed by atoms with Gasteiger partial charge in [0.05, 0.1) is 29.9 Å². The highest BCUT2D eigenvalue weighted by molar-refractivity contribution is 7.88. The zero-order chi connectivity index (χ0) is 23.3. The summed E-state index contributed by atoms with van der Waals surface area (Å²) >= 11 is 0. The third-order valence-corrected chi connectivity index (χ3v) is 6.84. The largest absolute Gasteiger partial charge is 0.377 e. The van der Waals surface area contributed by atoms with Gasteiger partial charge in [-0.3, -0.25) is 4.79 Å². The van der Waals surface area contributed by atoms with E-state index in [0.717, 1.165) is 18.4 Å². The Morgan fingerprint density at radius 1 is 1.19 bits per heavy atom. The van der Waals surface area contributed by atoms with Crippen LogP contribution in [0.1, 0.15) is 12.0 Å². The van der Waals surface area contributed by atoms with Crippen LogP contribution < -0.4 is 4.72 Å². The lowest BCUT2D eigenvalue weighted by atomic mass is 9.93. The van der Waals surface area contributed by atoms with Gasteiger partial charge in [-0.05, 0) is 23.3 Å². The molecular weight excluding hydrogens is 445 g/mol. The minimum Gasteiger partial charge on any atom is -0.377 e. The van der Waals surface area contributed by atoms with E-state index in [1.54, 1.807) is 12.1 Å². The van der Waals surface area contributed by atoms with Crippen molar-refractivity contribution in [3.8, 4) is 11.1 Å². The molecule has 6 nitrogen and oxygen atoms in total. The number of hydrogen-bond donors (Lipinski definition) is 1. The molecule has 2 aromatic rings. The summed E-state index contributed by atoms with van der Waals surface area (Å²) in [5, 5.41) is 0. The van der Waals surface area contributed by atoms with E-state index in [9.17, 15) is 22.0 Å². The number of likely N-dealkylation sites (tertiary alicyclic amines) is 1. The maximum absolute atomic E-state index is 15.9. The molecule has 0 radical (unpaired) electrons. The van der Waals surface area contributed by atoms with Crippen molar-refractivity contribution >= 4 is 15.9 Å². The molecule has 2 aromatic carbocycles. The van der Waals surface area contributed by atoms with Crippen LogP contribution in [0.25, 0.3) is 11.1 Å².